The molecule has 204 valence electrons. The van der Waals surface area contributed by atoms with Crippen molar-refractivity contribution in [3.63, 3.8) is 0 Å². The molecular formula is C30H37BrN2O5. The summed E-state index contributed by atoms with van der Waals surface area (Å²) in [6.07, 6.45) is 5.18. The molecule has 1 aliphatic heterocycles. The van der Waals surface area contributed by atoms with Gasteiger partial charge in [-0.15, -0.1) is 0 Å². The van der Waals surface area contributed by atoms with Gasteiger partial charge in [-0.2, -0.15) is 0 Å². The molecule has 7 nitrogen and oxygen atoms in total. The first-order valence-electron chi connectivity index (χ1n) is 13.3. The molecule has 1 heterocycles. The zero-order valence-electron chi connectivity index (χ0n) is 22.4. The summed E-state index contributed by atoms with van der Waals surface area (Å²) in [5.41, 5.74) is 1.51. The molecule has 38 heavy (non-hydrogen) atoms. The Morgan fingerprint density at radius 3 is 2.03 bits per heavy atom. The number of carbonyl (C=O) groups is 3. The lowest BCUT2D eigenvalue weighted by Gasteiger charge is -2.27. The fraction of sp³-hybridized carbons (Fsp3) is 0.433. The summed E-state index contributed by atoms with van der Waals surface area (Å²) in [6, 6.07) is 12.8. The number of methoxy groups -OCH3 is 1. The second kappa shape index (κ2) is 14.3. The van der Waals surface area contributed by atoms with Crippen LogP contribution in [0.2, 0.25) is 0 Å². The van der Waals surface area contributed by atoms with Gasteiger partial charge in [0, 0.05) is 16.6 Å². The number of ketones is 1. The number of hydrogen-bond donors (Lipinski definition) is 1. The number of aliphatic hydroxyl groups is 1. The molecule has 0 aliphatic carbocycles. The van der Waals surface area contributed by atoms with Crippen molar-refractivity contribution >= 4 is 39.3 Å². The van der Waals surface area contributed by atoms with Gasteiger partial charge in [-0.25, -0.2) is 4.79 Å². The molecule has 0 saturated carbocycles. The van der Waals surface area contributed by atoms with Gasteiger partial charge in [0.05, 0.1) is 24.3 Å². The smallest absolute Gasteiger partial charge is 0.337 e. The Morgan fingerprint density at radius 1 is 0.921 bits per heavy atom. The van der Waals surface area contributed by atoms with E-state index in [2.05, 4.69) is 34.7 Å². The van der Waals surface area contributed by atoms with E-state index in [1.165, 1.54) is 7.11 Å². The Balaban J connectivity index is 1.94. The highest BCUT2D eigenvalue weighted by molar-refractivity contribution is 9.10. The highest BCUT2D eigenvalue weighted by atomic mass is 79.9. The van der Waals surface area contributed by atoms with Crippen LogP contribution in [0.1, 0.15) is 73.5 Å². The highest BCUT2D eigenvalue weighted by Gasteiger charge is 2.45. The molecule has 0 bridgehead atoms. The number of esters is 1. The highest BCUT2D eigenvalue weighted by Crippen LogP contribution is 2.39. The number of rotatable bonds is 13. The van der Waals surface area contributed by atoms with Crippen LogP contribution >= 0.6 is 15.9 Å². The Kier molecular flexibility index (Phi) is 11.1. The average Bonchev–Trinajstić information content (AvgIpc) is 3.18. The molecule has 1 atom stereocenters. The van der Waals surface area contributed by atoms with Gasteiger partial charge in [-0.1, -0.05) is 66.9 Å². The number of hydrogen-bond acceptors (Lipinski definition) is 6. The van der Waals surface area contributed by atoms with Crippen molar-refractivity contribution in [3.05, 3.63) is 75.3 Å². The van der Waals surface area contributed by atoms with Gasteiger partial charge in [0.1, 0.15) is 5.76 Å². The molecule has 1 unspecified atom stereocenters. The van der Waals surface area contributed by atoms with Gasteiger partial charge in [0.15, 0.2) is 0 Å². The van der Waals surface area contributed by atoms with Crippen molar-refractivity contribution in [2.24, 2.45) is 0 Å². The number of halogens is 1. The van der Waals surface area contributed by atoms with Crippen LogP contribution in [-0.2, 0) is 14.3 Å². The largest absolute Gasteiger partial charge is 0.507 e. The van der Waals surface area contributed by atoms with Crippen LogP contribution in [0.25, 0.3) is 5.76 Å². The molecule has 0 spiro atoms. The van der Waals surface area contributed by atoms with Gasteiger partial charge in [0.2, 0.25) is 0 Å². The summed E-state index contributed by atoms with van der Waals surface area (Å²) in [4.78, 5) is 42.5. The van der Waals surface area contributed by atoms with Gasteiger partial charge in [-0.05, 0) is 68.7 Å². The van der Waals surface area contributed by atoms with E-state index in [4.69, 9.17) is 4.74 Å². The molecule has 1 fully saturated rings. The maximum atomic E-state index is 13.3. The third kappa shape index (κ3) is 7.11. The quantitative estimate of drug-likeness (QED) is 0.135. The maximum absolute atomic E-state index is 13.3. The lowest BCUT2D eigenvalue weighted by atomic mass is 9.94. The Bertz CT molecular complexity index is 1140. The summed E-state index contributed by atoms with van der Waals surface area (Å²) in [7, 11) is 1.31. The normalized spacial score (nSPS) is 16.9. The number of aliphatic hydroxyl groups excluding tert-OH is 1. The Hall–Kier alpha value is -2.97. The summed E-state index contributed by atoms with van der Waals surface area (Å²) in [5.74, 6) is -2.02. The predicted octanol–water partition coefficient (Wildman–Crippen LogP) is 5.95. The fourth-order valence-corrected chi connectivity index (χ4v) is 4.97. The lowest BCUT2D eigenvalue weighted by molar-refractivity contribution is -0.140. The average molecular weight is 586 g/mol. The molecular weight excluding hydrogens is 548 g/mol. The predicted molar refractivity (Wildman–Crippen MR) is 152 cm³/mol. The lowest BCUT2D eigenvalue weighted by Crippen LogP contribution is -2.34. The number of likely N-dealkylation sites (tertiary alicyclic amines) is 1. The number of Topliss-reactive ketones (excluding diaryl/α,β-unsaturated/α-hetero) is 1. The number of carbonyl (C=O) groups excluding carboxylic acids is 3. The zero-order chi connectivity index (χ0) is 27.7. The van der Waals surface area contributed by atoms with Crippen molar-refractivity contribution < 1.29 is 24.2 Å². The summed E-state index contributed by atoms with van der Waals surface area (Å²) >= 11 is 3.38. The van der Waals surface area contributed by atoms with Crippen LogP contribution in [0.3, 0.4) is 0 Å². The van der Waals surface area contributed by atoms with Crippen LogP contribution in [0.15, 0.2) is 58.6 Å². The van der Waals surface area contributed by atoms with E-state index in [0.717, 1.165) is 49.8 Å². The molecule has 0 aromatic heterocycles. The molecule has 8 heteroatoms. The maximum Gasteiger partial charge on any atom is 0.337 e. The summed E-state index contributed by atoms with van der Waals surface area (Å²) in [6.45, 7) is 7.57. The van der Waals surface area contributed by atoms with Crippen LogP contribution < -0.4 is 0 Å². The second-order valence-electron chi connectivity index (χ2n) is 9.52. The van der Waals surface area contributed by atoms with E-state index in [1.54, 1.807) is 53.4 Å². The van der Waals surface area contributed by atoms with Gasteiger partial charge in [0.25, 0.3) is 11.7 Å². The van der Waals surface area contributed by atoms with Crippen molar-refractivity contribution in [3.8, 4) is 0 Å². The van der Waals surface area contributed by atoms with Crippen molar-refractivity contribution in [2.75, 3.05) is 33.3 Å². The molecule has 1 saturated heterocycles. The van der Waals surface area contributed by atoms with Crippen LogP contribution in [-0.4, -0.2) is 65.9 Å². The van der Waals surface area contributed by atoms with Crippen molar-refractivity contribution in [1.29, 1.82) is 0 Å². The van der Waals surface area contributed by atoms with Crippen molar-refractivity contribution in [2.45, 2.75) is 52.0 Å². The van der Waals surface area contributed by atoms with Gasteiger partial charge < -0.3 is 19.6 Å². The molecule has 1 aliphatic rings. The summed E-state index contributed by atoms with van der Waals surface area (Å²) < 4.78 is 5.63. The van der Waals surface area contributed by atoms with E-state index in [-0.39, 0.29) is 11.3 Å². The standard InChI is InChI=1S/C30H37BrN2O5/c1-4-6-17-32(18-7-5-2)19-8-20-33-26(21-9-11-23(12-10-21)30(37)38-3)25(28(35)29(33)36)27(34)22-13-15-24(31)16-14-22/h9-16,26,34H,4-8,17-20H2,1-3H3. The summed E-state index contributed by atoms with van der Waals surface area (Å²) in [5, 5.41) is 11.2. The van der Waals surface area contributed by atoms with E-state index in [9.17, 15) is 19.5 Å². The minimum Gasteiger partial charge on any atom is -0.507 e. The van der Waals surface area contributed by atoms with Gasteiger partial charge in [-0.3, -0.25) is 9.59 Å². The zero-order valence-corrected chi connectivity index (χ0v) is 24.0. The topological polar surface area (TPSA) is 87.2 Å². The minimum absolute atomic E-state index is 0.0527. The molecule has 2 aromatic carbocycles. The second-order valence-corrected chi connectivity index (χ2v) is 10.4. The molecule has 1 amide bonds. The first kappa shape index (κ1) is 29.6. The van der Waals surface area contributed by atoms with E-state index in [1.807, 2.05) is 0 Å². The van der Waals surface area contributed by atoms with E-state index in [0.29, 0.717) is 29.7 Å². The van der Waals surface area contributed by atoms with Crippen LogP contribution in [0.5, 0.6) is 0 Å². The van der Waals surface area contributed by atoms with Gasteiger partial charge >= 0.3 is 5.97 Å². The van der Waals surface area contributed by atoms with E-state index < -0.39 is 23.7 Å². The van der Waals surface area contributed by atoms with Crippen LogP contribution in [0, 0.1) is 0 Å². The number of amides is 1. The molecule has 3 rings (SSSR count). The van der Waals surface area contributed by atoms with Crippen molar-refractivity contribution in [1.82, 2.24) is 9.80 Å². The van der Waals surface area contributed by atoms with E-state index >= 15 is 0 Å². The third-order valence-corrected chi connectivity index (χ3v) is 7.36. The number of nitrogens with zero attached hydrogens (tertiary/aromatic N) is 2. The SMILES string of the molecule is CCCCN(CCCC)CCCN1C(=O)C(=O)C(=C(O)c2ccc(Br)cc2)C1c1ccc(C(=O)OC)cc1. The first-order chi connectivity index (χ1) is 18.3. The molecule has 1 N–H and O–H groups in total. The fourth-order valence-electron chi connectivity index (χ4n) is 4.70. The molecule has 0 radical (unpaired) electrons. The Labute approximate surface area is 233 Å². The minimum atomic E-state index is -0.759. The number of unbranched alkanes of at least 4 members (excludes halogenated alkanes) is 2. The monoisotopic (exact) mass is 584 g/mol. The Morgan fingerprint density at radius 2 is 1.47 bits per heavy atom. The van der Waals surface area contributed by atoms with Crippen LogP contribution in [0.4, 0.5) is 0 Å². The molecule has 2 aromatic rings. The number of ether oxygens (including phenoxy) is 1. The third-order valence-electron chi connectivity index (χ3n) is 6.83. The first-order valence-corrected chi connectivity index (χ1v) is 14.1. The number of benzene rings is 2.